The van der Waals surface area contributed by atoms with Crippen LogP contribution in [0.15, 0.2) is 53.7 Å². The normalized spacial score (nSPS) is 12.4. The summed E-state index contributed by atoms with van der Waals surface area (Å²) in [4.78, 5) is 6.58. The van der Waals surface area contributed by atoms with Crippen molar-refractivity contribution in [2.24, 2.45) is 12.0 Å². The smallest absolute Gasteiger partial charge is 0.193 e. The third kappa shape index (κ3) is 5.54. The number of nitrogens with zero attached hydrogens (tertiary/aromatic N) is 3. The van der Waals surface area contributed by atoms with Gasteiger partial charge in [0.25, 0.3) is 0 Å². The summed E-state index contributed by atoms with van der Waals surface area (Å²) < 4.78 is 2.14. The SMILES string of the molecule is CCC(CNC(=NC)N(C)Cc1cccn1C)c1ccccc1.I. The van der Waals surface area contributed by atoms with Crippen molar-refractivity contribution >= 4 is 29.9 Å². The molecule has 1 atom stereocenters. The predicted molar refractivity (Wildman–Crippen MR) is 113 cm³/mol. The van der Waals surface area contributed by atoms with Crippen molar-refractivity contribution < 1.29 is 0 Å². The number of aromatic nitrogens is 1. The molecule has 132 valence electrons. The minimum absolute atomic E-state index is 0. The summed E-state index contributed by atoms with van der Waals surface area (Å²) in [6, 6.07) is 14.9. The van der Waals surface area contributed by atoms with Gasteiger partial charge in [0.1, 0.15) is 0 Å². The molecule has 0 radical (unpaired) electrons. The monoisotopic (exact) mass is 440 g/mol. The van der Waals surface area contributed by atoms with E-state index < -0.39 is 0 Å². The number of halogens is 1. The van der Waals surface area contributed by atoms with E-state index >= 15 is 0 Å². The molecule has 0 saturated heterocycles. The van der Waals surface area contributed by atoms with Crippen LogP contribution in [0, 0.1) is 0 Å². The Morgan fingerprint density at radius 1 is 1.21 bits per heavy atom. The van der Waals surface area contributed by atoms with Gasteiger partial charge in [-0.3, -0.25) is 4.99 Å². The number of hydrogen-bond acceptors (Lipinski definition) is 1. The molecule has 0 aliphatic heterocycles. The van der Waals surface area contributed by atoms with E-state index in [0.717, 1.165) is 25.5 Å². The van der Waals surface area contributed by atoms with Gasteiger partial charge in [-0.15, -0.1) is 24.0 Å². The summed E-state index contributed by atoms with van der Waals surface area (Å²) in [7, 11) is 5.99. The van der Waals surface area contributed by atoms with Crippen LogP contribution in [0.25, 0.3) is 0 Å². The fraction of sp³-hybridized carbons (Fsp3) is 0.421. The number of aryl methyl sites for hydroxylation is 1. The Kier molecular flexibility index (Phi) is 8.89. The van der Waals surface area contributed by atoms with E-state index in [1.54, 1.807) is 0 Å². The lowest BCUT2D eigenvalue weighted by Gasteiger charge is -2.24. The lowest BCUT2D eigenvalue weighted by Crippen LogP contribution is -2.40. The highest BCUT2D eigenvalue weighted by molar-refractivity contribution is 14.0. The van der Waals surface area contributed by atoms with Crippen LogP contribution in [-0.4, -0.2) is 36.1 Å². The molecule has 0 bridgehead atoms. The molecular weight excluding hydrogens is 411 g/mol. The van der Waals surface area contributed by atoms with Gasteiger partial charge in [-0.25, -0.2) is 0 Å². The van der Waals surface area contributed by atoms with E-state index in [-0.39, 0.29) is 24.0 Å². The molecule has 1 aromatic heterocycles. The number of aliphatic imine (C=N–C) groups is 1. The van der Waals surface area contributed by atoms with Crippen molar-refractivity contribution in [3.8, 4) is 0 Å². The van der Waals surface area contributed by atoms with E-state index in [1.807, 2.05) is 7.05 Å². The number of benzene rings is 1. The van der Waals surface area contributed by atoms with Crippen LogP contribution in [0.4, 0.5) is 0 Å². The predicted octanol–water partition coefficient (Wildman–Crippen LogP) is 3.84. The quantitative estimate of drug-likeness (QED) is 0.421. The Balaban J connectivity index is 0.00000288. The first-order chi connectivity index (χ1) is 11.2. The molecule has 0 aliphatic carbocycles. The maximum atomic E-state index is 4.42. The number of guanidine groups is 1. The number of nitrogens with one attached hydrogen (secondary N) is 1. The van der Waals surface area contributed by atoms with Crippen molar-refractivity contribution in [3.05, 3.63) is 59.9 Å². The zero-order valence-electron chi connectivity index (χ0n) is 15.1. The van der Waals surface area contributed by atoms with Crippen LogP contribution >= 0.6 is 24.0 Å². The van der Waals surface area contributed by atoms with E-state index in [2.05, 4.69) is 89.5 Å². The van der Waals surface area contributed by atoms with Crippen LogP contribution in [0.5, 0.6) is 0 Å². The van der Waals surface area contributed by atoms with Gasteiger partial charge in [0.05, 0.1) is 6.54 Å². The van der Waals surface area contributed by atoms with E-state index in [9.17, 15) is 0 Å². The van der Waals surface area contributed by atoms with Gasteiger partial charge in [0, 0.05) is 45.5 Å². The zero-order valence-corrected chi connectivity index (χ0v) is 17.4. The summed E-state index contributed by atoms with van der Waals surface area (Å²) >= 11 is 0. The fourth-order valence-electron chi connectivity index (χ4n) is 2.80. The topological polar surface area (TPSA) is 32.6 Å². The number of rotatable bonds is 6. The summed E-state index contributed by atoms with van der Waals surface area (Å²) in [6.07, 6.45) is 3.18. The van der Waals surface area contributed by atoms with E-state index in [1.165, 1.54) is 11.3 Å². The average Bonchev–Trinajstić information content (AvgIpc) is 2.97. The first-order valence-electron chi connectivity index (χ1n) is 8.22. The largest absolute Gasteiger partial charge is 0.356 e. The minimum atomic E-state index is 0. The zero-order chi connectivity index (χ0) is 16.7. The molecule has 0 saturated carbocycles. The molecule has 1 heterocycles. The highest BCUT2D eigenvalue weighted by Crippen LogP contribution is 2.18. The average molecular weight is 440 g/mol. The molecule has 0 spiro atoms. The Hall–Kier alpha value is -1.50. The van der Waals surface area contributed by atoms with Crippen molar-refractivity contribution in [2.45, 2.75) is 25.8 Å². The van der Waals surface area contributed by atoms with Gasteiger partial charge in [-0.2, -0.15) is 0 Å². The molecule has 2 rings (SSSR count). The molecule has 24 heavy (non-hydrogen) atoms. The third-order valence-electron chi connectivity index (χ3n) is 4.29. The fourth-order valence-corrected chi connectivity index (χ4v) is 2.80. The van der Waals surface area contributed by atoms with Gasteiger partial charge in [-0.1, -0.05) is 37.3 Å². The van der Waals surface area contributed by atoms with Gasteiger partial charge in [0.15, 0.2) is 5.96 Å². The summed E-state index contributed by atoms with van der Waals surface area (Å²) in [5.74, 6) is 1.43. The maximum Gasteiger partial charge on any atom is 0.193 e. The lowest BCUT2D eigenvalue weighted by atomic mass is 9.97. The minimum Gasteiger partial charge on any atom is -0.356 e. The molecule has 0 amide bonds. The lowest BCUT2D eigenvalue weighted by molar-refractivity contribution is 0.457. The van der Waals surface area contributed by atoms with Gasteiger partial charge in [0.2, 0.25) is 0 Å². The highest BCUT2D eigenvalue weighted by atomic mass is 127. The second kappa shape index (κ2) is 10.4. The molecule has 5 heteroatoms. The molecule has 1 N–H and O–H groups in total. The second-order valence-electron chi connectivity index (χ2n) is 5.91. The highest BCUT2D eigenvalue weighted by Gasteiger charge is 2.12. The van der Waals surface area contributed by atoms with Crippen LogP contribution in [-0.2, 0) is 13.6 Å². The Morgan fingerprint density at radius 3 is 2.46 bits per heavy atom. The Bertz CT molecular complexity index is 621. The van der Waals surface area contributed by atoms with E-state index in [0.29, 0.717) is 5.92 Å². The molecule has 1 aromatic carbocycles. The van der Waals surface area contributed by atoms with Crippen LogP contribution < -0.4 is 5.32 Å². The Labute approximate surface area is 163 Å². The molecule has 1 unspecified atom stereocenters. The van der Waals surface area contributed by atoms with Crippen molar-refractivity contribution in [1.82, 2.24) is 14.8 Å². The first kappa shape index (κ1) is 20.5. The van der Waals surface area contributed by atoms with Crippen molar-refractivity contribution in [1.29, 1.82) is 0 Å². The molecule has 0 aliphatic rings. The van der Waals surface area contributed by atoms with Crippen LogP contribution in [0.1, 0.15) is 30.5 Å². The molecule has 0 fully saturated rings. The summed E-state index contributed by atoms with van der Waals surface area (Å²) in [6.45, 7) is 3.96. The van der Waals surface area contributed by atoms with Crippen molar-refractivity contribution in [3.63, 3.8) is 0 Å². The molecular formula is C19H29IN4. The maximum absolute atomic E-state index is 4.42. The first-order valence-corrected chi connectivity index (χ1v) is 8.22. The summed E-state index contributed by atoms with van der Waals surface area (Å²) in [5.41, 5.74) is 2.65. The Morgan fingerprint density at radius 2 is 1.92 bits per heavy atom. The van der Waals surface area contributed by atoms with Crippen LogP contribution in [0.3, 0.4) is 0 Å². The van der Waals surface area contributed by atoms with Gasteiger partial charge in [-0.05, 0) is 24.1 Å². The molecule has 2 aromatic rings. The molecule has 4 nitrogen and oxygen atoms in total. The van der Waals surface area contributed by atoms with Gasteiger partial charge >= 0.3 is 0 Å². The van der Waals surface area contributed by atoms with Gasteiger partial charge < -0.3 is 14.8 Å². The van der Waals surface area contributed by atoms with Crippen LogP contribution in [0.2, 0.25) is 0 Å². The summed E-state index contributed by atoms with van der Waals surface area (Å²) in [5, 5.41) is 3.52. The second-order valence-corrected chi connectivity index (χ2v) is 5.91. The third-order valence-corrected chi connectivity index (χ3v) is 4.29. The van der Waals surface area contributed by atoms with E-state index in [4.69, 9.17) is 0 Å². The van der Waals surface area contributed by atoms with Crippen molar-refractivity contribution in [2.75, 3.05) is 20.6 Å². The standard InChI is InChI=1S/C19H28N4.HI/c1-5-16(17-10-7-6-8-11-17)14-21-19(20-2)23(4)15-18-12-9-13-22(18)3;/h6-13,16H,5,14-15H2,1-4H3,(H,20,21);1H. The number of hydrogen-bond donors (Lipinski definition) is 1.